The highest BCUT2D eigenvalue weighted by Crippen LogP contribution is 2.15. The van der Waals surface area contributed by atoms with Gasteiger partial charge in [0.2, 0.25) is 0 Å². The van der Waals surface area contributed by atoms with Crippen molar-refractivity contribution in [1.82, 2.24) is 14.1 Å². The van der Waals surface area contributed by atoms with Crippen LogP contribution in [0.25, 0.3) is 21.8 Å². The number of hydrogen-bond acceptors (Lipinski definition) is 3. The van der Waals surface area contributed by atoms with Gasteiger partial charge in [-0.1, -0.05) is 44.2 Å². The SMILES string of the molecule is CC(C)Cn1ccc2nc3ccn(CCc4ccccc4)c(=O)c3cc2c1=O. The van der Waals surface area contributed by atoms with E-state index in [1.807, 2.05) is 30.3 Å². The summed E-state index contributed by atoms with van der Waals surface area (Å²) in [5.41, 5.74) is 2.22. The van der Waals surface area contributed by atoms with Gasteiger partial charge in [0.05, 0.1) is 21.8 Å². The van der Waals surface area contributed by atoms with Crippen LogP contribution in [0, 0.1) is 5.92 Å². The molecule has 0 fully saturated rings. The first-order chi connectivity index (χ1) is 13.5. The quantitative estimate of drug-likeness (QED) is 0.502. The monoisotopic (exact) mass is 373 g/mol. The Balaban J connectivity index is 1.77. The molecule has 142 valence electrons. The molecule has 0 N–H and O–H groups in total. The summed E-state index contributed by atoms with van der Waals surface area (Å²) < 4.78 is 3.38. The first kappa shape index (κ1) is 18.2. The molecule has 0 aliphatic carbocycles. The number of nitrogens with zero attached hydrogens (tertiary/aromatic N) is 3. The van der Waals surface area contributed by atoms with Crippen molar-refractivity contribution < 1.29 is 0 Å². The predicted octanol–water partition coefficient (Wildman–Crippen LogP) is 3.61. The molecule has 1 aromatic carbocycles. The van der Waals surface area contributed by atoms with Gasteiger partial charge in [-0.05, 0) is 36.1 Å². The zero-order chi connectivity index (χ0) is 19.7. The smallest absolute Gasteiger partial charge is 0.260 e. The Morgan fingerprint density at radius 1 is 0.857 bits per heavy atom. The first-order valence-corrected chi connectivity index (χ1v) is 9.60. The molecular formula is C23H23N3O2. The molecule has 0 saturated carbocycles. The zero-order valence-electron chi connectivity index (χ0n) is 16.1. The van der Waals surface area contributed by atoms with E-state index in [4.69, 9.17) is 0 Å². The van der Waals surface area contributed by atoms with Crippen molar-refractivity contribution in [2.75, 3.05) is 0 Å². The molecule has 0 aliphatic rings. The molecule has 0 amide bonds. The Kier molecular flexibility index (Phi) is 4.82. The molecule has 3 aromatic heterocycles. The molecule has 0 bridgehead atoms. The van der Waals surface area contributed by atoms with Crippen LogP contribution < -0.4 is 11.1 Å². The fourth-order valence-electron chi connectivity index (χ4n) is 3.51. The number of benzene rings is 1. The van der Waals surface area contributed by atoms with Crippen LogP contribution in [0.3, 0.4) is 0 Å². The normalized spacial score (nSPS) is 11.5. The standard InChI is InChI=1S/C23H23N3O2/c1-16(2)15-26-13-10-21-19(23(26)28)14-18-20(24-21)9-12-25(22(18)27)11-8-17-6-4-3-5-7-17/h3-7,9-10,12-14,16H,8,11,15H2,1-2H3. The number of aryl methyl sites for hydroxylation is 2. The van der Waals surface area contributed by atoms with Crippen molar-refractivity contribution in [3.05, 3.63) is 87.2 Å². The van der Waals surface area contributed by atoms with Crippen LogP contribution in [-0.4, -0.2) is 14.1 Å². The highest BCUT2D eigenvalue weighted by atomic mass is 16.1. The summed E-state index contributed by atoms with van der Waals surface area (Å²) in [4.78, 5) is 30.4. The van der Waals surface area contributed by atoms with E-state index in [0.717, 1.165) is 6.42 Å². The van der Waals surface area contributed by atoms with Gasteiger partial charge in [0.15, 0.2) is 0 Å². The molecule has 5 nitrogen and oxygen atoms in total. The van der Waals surface area contributed by atoms with E-state index in [0.29, 0.717) is 40.8 Å². The van der Waals surface area contributed by atoms with Gasteiger partial charge in [-0.3, -0.25) is 9.59 Å². The highest BCUT2D eigenvalue weighted by Gasteiger charge is 2.10. The van der Waals surface area contributed by atoms with E-state index in [1.54, 1.807) is 27.6 Å². The van der Waals surface area contributed by atoms with Crippen molar-refractivity contribution in [2.24, 2.45) is 5.92 Å². The van der Waals surface area contributed by atoms with Crippen molar-refractivity contribution >= 4 is 21.8 Å². The van der Waals surface area contributed by atoms with E-state index >= 15 is 0 Å². The van der Waals surface area contributed by atoms with Crippen molar-refractivity contribution in [3.8, 4) is 0 Å². The molecule has 5 heteroatoms. The molecule has 0 unspecified atom stereocenters. The van der Waals surface area contributed by atoms with Gasteiger partial charge < -0.3 is 9.13 Å². The minimum absolute atomic E-state index is 0.0975. The third-order valence-corrected chi connectivity index (χ3v) is 4.93. The van der Waals surface area contributed by atoms with Gasteiger partial charge in [-0.2, -0.15) is 0 Å². The number of hydrogen-bond donors (Lipinski definition) is 0. The van der Waals surface area contributed by atoms with Crippen molar-refractivity contribution in [1.29, 1.82) is 0 Å². The zero-order valence-corrected chi connectivity index (χ0v) is 16.1. The molecule has 0 atom stereocenters. The summed E-state index contributed by atoms with van der Waals surface area (Å²) >= 11 is 0. The number of pyridine rings is 3. The third kappa shape index (κ3) is 3.48. The number of fused-ring (bicyclic) bond motifs is 2. The average molecular weight is 373 g/mol. The van der Waals surface area contributed by atoms with Crippen LogP contribution in [0.5, 0.6) is 0 Å². The van der Waals surface area contributed by atoms with E-state index in [2.05, 4.69) is 31.0 Å². The molecule has 0 spiro atoms. The Morgan fingerprint density at radius 2 is 1.46 bits per heavy atom. The van der Waals surface area contributed by atoms with Crippen LogP contribution in [-0.2, 0) is 19.5 Å². The van der Waals surface area contributed by atoms with Gasteiger partial charge in [-0.25, -0.2) is 4.98 Å². The Bertz CT molecular complexity index is 1250. The maximum absolute atomic E-state index is 13.0. The van der Waals surface area contributed by atoms with E-state index in [-0.39, 0.29) is 11.1 Å². The van der Waals surface area contributed by atoms with Crippen LogP contribution in [0.1, 0.15) is 19.4 Å². The van der Waals surface area contributed by atoms with Crippen LogP contribution in [0.2, 0.25) is 0 Å². The lowest BCUT2D eigenvalue weighted by Gasteiger charge is -2.11. The first-order valence-electron chi connectivity index (χ1n) is 9.60. The summed E-state index contributed by atoms with van der Waals surface area (Å²) in [5.74, 6) is 0.360. The van der Waals surface area contributed by atoms with Crippen LogP contribution >= 0.6 is 0 Å². The maximum atomic E-state index is 13.0. The molecule has 0 saturated heterocycles. The highest BCUT2D eigenvalue weighted by molar-refractivity contribution is 5.91. The molecule has 4 aromatic rings. The number of aromatic nitrogens is 3. The van der Waals surface area contributed by atoms with Gasteiger partial charge >= 0.3 is 0 Å². The van der Waals surface area contributed by atoms with E-state index < -0.39 is 0 Å². The van der Waals surface area contributed by atoms with Gasteiger partial charge in [0, 0.05) is 25.5 Å². The third-order valence-electron chi connectivity index (χ3n) is 4.93. The lowest BCUT2D eigenvalue weighted by atomic mass is 10.1. The number of rotatable bonds is 5. The summed E-state index contributed by atoms with van der Waals surface area (Å²) in [6, 6.07) is 15.5. The molecule has 4 rings (SSSR count). The minimum atomic E-state index is -0.110. The van der Waals surface area contributed by atoms with Gasteiger partial charge in [-0.15, -0.1) is 0 Å². The Morgan fingerprint density at radius 3 is 2.11 bits per heavy atom. The van der Waals surface area contributed by atoms with Gasteiger partial charge in [0.25, 0.3) is 11.1 Å². The Labute approximate surface area is 162 Å². The van der Waals surface area contributed by atoms with Crippen LogP contribution in [0.15, 0.2) is 70.5 Å². The van der Waals surface area contributed by atoms with Crippen LogP contribution in [0.4, 0.5) is 0 Å². The molecule has 0 radical (unpaired) electrons. The lowest BCUT2D eigenvalue weighted by molar-refractivity contribution is 0.513. The average Bonchev–Trinajstić information content (AvgIpc) is 2.69. The van der Waals surface area contributed by atoms with Crippen molar-refractivity contribution in [3.63, 3.8) is 0 Å². The van der Waals surface area contributed by atoms with E-state index in [9.17, 15) is 9.59 Å². The second kappa shape index (κ2) is 7.43. The maximum Gasteiger partial charge on any atom is 0.260 e. The fourth-order valence-corrected chi connectivity index (χ4v) is 3.51. The van der Waals surface area contributed by atoms with Crippen molar-refractivity contribution in [2.45, 2.75) is 33.4 Å². The summed E-state index contributed by atoms with van der Waals surface area (Å²) in [5, 5.41) is 0.982. The molecule has 3 heterocycles. The molecule has 28 heavy (non-hydrogen) atoms. The fraction of sp³-hybridized carbons (Fsp3) is 0.261. The molecule has 0 aliphatic heterocycles. The Hall–Kier alpha value is -3.21. The minimum Gasteiger partial charge on any atom is -0.315 e. The second-order valence-electron chi connectivity index (χ2n) is 7.57. The topological polar surface area (TPSA) is 56.9 Å². The molecular weight excluding hydrogens is 350 g/mol. The van der Waals surface area contributed by atoms with E-state index in [1.165, 1.54) is 5.56 Å². The summed E-state index contributed by atoms with van der Waals surface area (Å²) in [7, 11) is 0. The second-order valence-corrected chi connectivity index (χ2v) is 7.57. The predicted molar refractivity (Wildman–Crippen MR) is 113 cm³/mol. The summed E-state index contributed by atoms with van der Waals surface area (Å²) in [6.45, 7) is 5.37. The largest absolute Gasteiger partial charge is 0.315 e. The summed E-state index contributed by atoms with van der Waals surface area (Å²) in [6.07, 6.45) is 4.34. The lowest BCUT2D eigenvalue weighted by Crippen LogP contribution is -2.23. The van der Waals surface area contributed by atoms with Gasteiger partial charge in [0.1, 0.15) is 0 Å².